The van der Waals surface area contributed by atoms with Crippen LogP contribution in [0.4, 0.5) is 0 Å². The van der Waals surface area contributed by atoms with Gasteiger partial charge in [0.25, 0.3) is 0 Å². The number of benzene rings is 1. The molecule has 100 valence electrons. The van der Waals surface area contributed by atoms with Crippen LogP contribution in [0.15, 0.2) is 33.7 Å². The van der Waals surface area contributed by atoms with Gasteiger partial charge in [0.1, 0.15) is 5.78 Å². The molecule has 0 aliphatic carbocycles. The minimum Gasteiger partial charge on any atom is -0.338 e. The van der Waals surface area contributed by atoms with Gasteiger partial charge in [-0.2, -0.15) is 4.98 Å². The summed E-state index contributed by atoms with van der Waals surface area (Å²) in [5.41, 5.74) is 0.893. The normalized spacial score (nSPS) is 12.4. The Morgan fingerprint density at radius 1 is 1.37 bits per heavy atom. The molecule has 0 saturated carbocycles. The van der Waals surface area contributed by atoms with Gasteiger partial charge in [-0.05, 0) is 37.4 Å². The maximum Gasteiger partial charge on any atom is 0.237 e. The van der Waals surface area contributed by atoms with Crippen molar-refractivity contribution in [2.75, 3.05) is 6.26 Å². The van der Waals surface area contributed by atoms with Gasteiger partial charge in [0, 0.05) is 16.9 Å². The van der Waals surface area contributed by atoms with Crippen molar-refractivity contribution in [1.82, 2.24) is 10.1 Å². The van der Waals surface area contributed by atoms with Crippen molar-refractivity contribution < 1.29 is 9.32 Å². The fourth-order valence-electron chi connectivity index (χ4n) is 1.71. The molecule has 0 saturated heterocycles. The Morgan fingerprint density at radius 2 is 2.05 bits per heavy atom. The Bertz CT molecular complexity index is 563. The predicted molar refractivity (Wildman–Crippen MR) is 75.2 cm³/mol. The summed E-state index contributed by atoms with van der Waals surface area (Å²) in [5, 5.41) is 3.93. The molecule has 0 radical (unpaired) electrons. The van der Waals surface area contributed by atoms with Gasteiger partial charge in [-0.1, -0.05) is 12.1 Å². The van der Waals surface area contributed by atoms with Gasteiger partial charge in [0.15, 0.2) is 0 Å². The van der Waals surface area contributed by atoms with E-state index in [-0.39, 0.29) is 11.7 Å². The zero-order valence-electron chi connectivity index (χ0n) is 11.2. The molecule has 1 unspecified atom stereocenters. The molecule has 2 rings (SSSR count). The molecule has 0 aliphatic heterocycles. The van der Waals surface area contributed by atoms with Crippen LogP contribution in [0, 0.1) is 0 Å². The molecule has 0 bridgehead atoms. The van der Waals surface area contributed by atoms with E-state index in [0.717, 1.165) is 5.56 Å². The fraction of sp³-hybridized carbons (Fsp3) is 0.357. The SMILES string of the molecule is CCC(=O)C(C)c1nc(-c2ccc(SC)cc2)no1. The van der Waals surface area contributed by atoms with E-state index in [9.17, 15) is 4.79 Å². The summed E-state index contributed by atoms with van der Waals surface area (Å²) in [4.78, 5) is 17.1. The molecule has 0 amide bonds. The summed E-state index contributed by atoms with van der Waals surface area (Å²) in [6.45, 7) is 3.62. The summed E-state index contributed by atoms with van der Waals surface area (Å²) >= 11 is 1.68. The third kappa shape index (κ3) is 3.04. The molecule has 2 aromatic rings. The standard InChI is InChI=1S/C14H16N2O2S/c1-4-12(17)9(2)14-15-13(16-18-14)10-5-7-11(19-3)8-6-10/h5-9H,4H2,1-3H3. The maximum absolute atomic E-state index is 11.6. The molecule has 4 nitrogen and oxygen atoms in total. The number of Topliss-reactive ketones (excluding diaryl/α,β-unsaturated/α-hetero) is 1. The largest absolute Gasteiger partial charge is 0.338 e. The average molecular weight is 276 g/mol. The number of rotatable bonds is 5. The molecule has 0 aliphatic rings. The molecular formula is C14H16N2O2S. The molecule has 1 atom stereocenters. The third-order valence-corrected chi connectivity index (χ3v) is 3.74. The van der Waals surface area contributed by atoms with Crippen molar-refractivity contribution in [2.45, 2.75) is 31.1 Å². The lowest BCUT2D eigenvalue weighted by Gasteiger charge is -2.01. The van der Waals surface area contributed by atoms with Crippen LogP contribution in [0.25, 0.3) is 11.4 Å². The second kappa shape index (κ2) is 6.02. The highest BCUT2D eigenvalue weighted by Crippen LogP contribution is 2.23. The molecule has 5 heteroatoms. The van der Waals surface area contributed by atoms with E-state index in [0.29, 0.717) is 18.1 Å². The van der Waals surface area contributed by atoms with Crippen molar-refractivity contribution in [3.63, 3.8) is 0 Å². The van der Waals surface area contributed by atoms with Crippen LogP contribution in [0.5, 0.6) is 0 Å². The van der Waals surface area contributed by atoms with Gasteiger partial charge in [0.2, 0.25) is 11.7 Å². The number of aromatic nitrogens is 2. The predicted octanol–water partition coefficient (Wildman–Crippen LogP) is 3.54. The van der Waals surface area contributed by atoms with Gasteiger partial charge >= 0.3 is 0 Å². The minimum absolute atomic E-state index is 0.105. The quantitative estimate of drug-likeness (QED) is 0.782. The Hall–Kier alpha value is -1.62. The van der Waals surface area contributed by atoms with Gasteiger partial charge < -0.3 is 4.52 Å². The summed E-state index contributed by atoms with van der Waals surface area (Å²) in [5.74, 6) is 0.679. The first-order valence-corrected chi connectivity index (χ1v) is 7.39. The number of carbonyl (C=O) groups excluding carboxylic acids is 1. The molecule has 0 N–H and O–H groups in total. The Morgan fingerprint density at radius 3 is 2.63 bits per heavy atom. The van der Waals surface area contributed by atoms with Crippen LogP contribution < -0.4 is 0 Å². The second-order valence-electron chi connectivity index (χ2n) is 4.23. The van der Waals surface area contributed by atoms with Crippen LogP contribution in [0.1, 0.15) is 32.1 Å². The maximum atomic E-state index is 11.6. The van der Waals surface area contributed by atoms with E-state index in [2.05, 4.69) is 10.1 Å². The molecule has 1 heterocycles. The summed E-state index contributed by atoms with van der Waals surface area (Å²) in [6.07, 6.45) is 2.50. The van der Waals surface area contributed by atoms with E-state index >= 15 is 0 Å². The fourth-order valence-corrected chi connectivity index (χ4v) is 2.12. The molecule has 0 spiro atoms. The topological polar surface area (TPSA) is 56.0 Å². The van der Waals surface area contributed by atoms with Crippen molar-refractivity contribution in [2.24, 2.45) is 0 Å². The van der Waals surface area contributed by atoms with Crippen molar-refractivity contribution in [3.05, 3.63) is 30.2 Å². The van der Waals surface area contributed by atoms with Crippen LogP contribution in [-0.4, -0.2) is 22.2 Å². The number of hydrogen-bond donors (Lipinski definition) is 0. The van der Waals surface area contributed by atoms with E-state index in [1.54, 1.807) is 18.7 Å². The summed E-state index contributed by atoms with van der Waals surface area (Å²) < 4.78 is 5.17. The number of thioether (sulfide) groups is 1. The number of hydrogen-bond acceptors (Lipinski definition) is 5. The van der Waals surface area contributed by atoms with Crippen LogP contribution in [0.3, 0.4) is 0 Å². The lowest BCUT2D eigenvalue weighted by molar-refractivity contribution is -0.120. The van der Waals surface area contributed by atoms with E-state index in [1.807, 2.05) is 37.4 Å². The van der Waals surface area contributed by atoms with Crippen molar-refractivity contribution in [1.29, 1.82) is 0 Å². The lowest BCUT2D eigenvalue weighted by atomic mass is 10.1. The molecule has 1 aromatic heterocycles. The lowest BCUT2D eigenvalue weighted by Crippen LogP contribution is -2.07. The zero-order valence-corrected chi connectivity index (χ0v) is 12.0. The first kappa shape index (κ1) is 13.8. The van der Waals surface area contributed by atoms with Crippen molar-refractivity contribution >= 4 is 17.5 Å². The number of carbonyl (C=O) groups is 1. The van der Waals surface area contributed by atoms with Crippen LogP contribution in [0.2, 0.25) is 0 Å². The van der Waals surface area contributed by atoms with Crippen LogP contribution >= 0.6 is 11.8 Å². The van der Waals surface area contributed by atoms with E-state index < -0.39 is 0 Å². The molecular weight excluding hydrogens is 260 g/mol. The van der Waals surface area contributed by atoms with Crippen LogP contribution in [-0.2, 0) is 4.79 Å². The van der Waals surface area contributed by atoms with E-state index in [1.165, 1.54) is 4.90 Å². The monoisotopic (exact) mass is 276 g/mol. The minimum atomic E-state index is -0.336. The number of ketones is 1. The molecule has 19 heavy (non-hydrogen) atoms. The van der Waals surface area contributed by atoms with E-state index in [4.69, 9.17) is 4.52 Å². The third-order valence-electron chi connectivity index (χ3n) is 2.99. The molecule has 1 aromatic carbocycles. The Kier molecular flexibility index (Phi) is 4.37. The highest BCUT2D eigenvalue weighted by molar-refractivity contribution is 7.98. The summed E-state index contributed by atoms with van der Waals surface area (Å²) in [6, 6.07) is 7.92. The van der Waals surface area contributed by atoms with Gasteiger partial charge in [-0.15, -0.1) is 11.8 Å². The van der Waals surface area contributed by atoms with Gasteiger partial charge in [-0.25, -0.2) is 0 Å². The first-order valence-electron chi connectivity index (χ1n) is 6.16. The highest BCUT2D eigenvalue weighted by Gasteiger charge is 2.20. The average Bonchev–Trinajstić information content (AvgIpc) is 2.95. The van der Waals surface area contributed by atoms with Gasteiger partial charge in [0.05, 0.1) is 5.92 Å². The highest BCUT2D eigenvalue weighted by atomic mass is 32.2. The second-order valence-corrected chi connectivity index (χ2v) is 5.11. The first-order chi connectivity index (χ1) is 9.15. The number of nitrogens with zero attached hydrogens (tertiary/aromatic N) is 2. The van der Waals surface area contributed by atoms with Gasteiger partial charge in [-0.3, -0.25) is 4.79 Å². The smallest absolute Gasteiger partial charge is 0.237 e. The van der Waals surface area contributed by atoms with Crippen molar-refractivity contribution in [3.8, 4) is 11.4 Å². The molecule has 0 fully saturated rings. The Balaban J connectivity index is 2.22. The summed E-state index contributed by atoms with van der Waals surface area (Å²) in [7, 11) is 0. The Labute approximate surface area is 116 Å². The zero-order chi connectivity index (χ0) is 13.8.